The number of hydrogen-bond donors (Lipinski definition) is 1. The van der Waals surface area contributed by atoms with E-state index >= 15 is 0 Å². The maximum Gasteiger partial charge on any atom is 0.257 e. The number of nitrogens with zero attached hydrogens (tertiary/aromatic N) is 2. The molecule has 1 aromatic heterocycles. The lowest BCUT2D eigenvalue weighted by Crippen LogP contribution is -2.48. The van der Waals surface area contributed by atoms with E-state index in [1.165, 1.54) is 39.9 Å². The first kappa shape index (κ1) is 21.9. The molecular weight excluding hydrogens is 434 g/mol. The Kier molecular flexibility index (Phi) is 5.87. The highest BCUT2D eigenvalue weighted by Crippen LogP contribution is 2.29. The second-order valence-corrected chi connectivity index (χ2v) is 11.0. The van der Waals surface area contributed by atoms with Gasteiger partial charge in [-0.3, -0.25) is 10.1 Å². The molecule has 2 heterocycles. The normalized spacial score (nSPS) is 20.1. The summed E-state index contributed by atoms with van der Waals surface area (Å²) in [5.74, 6) is -0.328. The van der Waals surface area contributed by atoms with Gasteiger partial charge in [-0.25, -0.2) is 13.4 Å². The monoisotopic (exact) mass is 459 g/mol. The van der Waals surface area contributed by atoms with Crippen LogP contribution in [0.15, 0.2) is 41.3 Å². The van der Waals surface area contributed by atoms with Gasteiger partial charge in [-0.1, -0.05) is 17.4 Å². The number of sulfonamides is 1. The summed E-state index contributed by atoms with van der Waals surface area (Å²) in [7, 11) is -3.64. The summed E-state index contributed by atoms with van der Waals surface area (Å²) in [6.45, 7) is 8.36. The minimum atomic E-state index is -3.64. The van der Waals surface area contributed by atoms with Crippen molar-refractivity contribution in [1.29, 1.82) is 0 Å². The molecule has 0 spiro atoms. The standard InChI is InChI=1S/C22H25N3O4S2/c1-13-9-14(2)20-19(10-13)30-22(23-20)24-21(26)17-5-7-18(8-6-17)31(27,28)25-11-15(3)29-16(4)12-25/h5-10,15-16H,11-12H2,1-4H3,(H,23,24,26)/t15-,16-/m0/s1. The number of aromatic nitrogens is 1. The minimum absolute atomic E-state index is 0.162. The molecule has 9 heteroatoms. The predicted octanol–water partition coefficient (Wildman–Crippen LogP) is 3.96. The molecule has 1 aliphatic heterocycles. The molecule has 0 saturated carbocycles. The van der Waals surface area contributed by atoms with E-state index in [-0.39, 0.29) is 23.0 Å². The number of hydrogen-bond acceptors (Lipinski definition) is 6. The van der Waals surface area contributed by atoms with Crippen molar-refractivity contribution in [3.8, 4) is 0 Å². The van der Waals surface area contributed by atoms with E-state index < -0.39 is 10.0 Å². The van der Waals surface area contributed by atoms with Crippen LogP contribution in [0.2, 0.25) is 0 Å². The van der Waals surface area contributed by atoms with E-state index in [9.17, 15) is 13.2 Å². The van der Waals surface area contributed by atoms with E-state index in [4.69, 9.17) is 4.74 Å². The van der Waals surface area contributed by atoms with Gasteiger partial charge < -0.3 is 4.74 Å². The summed E-state index contributed by atoms with van der Waals surface area (Å²) in [6, 6.07) is 10.1. The number of carbonyl (C=O) groups excluding carboxylic acids is 1. The van der Waals surface area contributed by atoms with Crippen molar-refractivity contribution in [1.82, 2.24) is 9.29 Å². The molecule has 1 aliphatic rings. The average molecular weight is 460 g/mol. The van der Waals surface area contributed by atoms with Gasteiger partial charge in [-0.05, 0) is 69.2 Å². The Balaban J connectivity index is 1.51. The molecule has 1 fully saturated rings. The van der Waals surface area contributed by atoms with Gasteiger partial charge in [-0.15, -0.1) is 0 Å². The molecule has 164 valence electrons. The van der Waals surface area contributed by atoms with Crippen LogP contribution in [0.5, 0.6) is 0 Å². The molecule has 3 aromatic rings. The Morgan fingerprint density at radius 2 is 1.77 bits per heavy atom. The molecule has 7 nitrogen and oxygen atoms in total. The molecule has 1 saturated heterocycles. The number of benzene rings is 2. The lowest BCUT2D eigenvalue weighted by Gasteiger charge is -2.34. The van der Waals surface area contributed by atoms with E-state index in [0.717, 1.165) is 21.3 Å². The van der Waals surface area contributed by atoms with Crippen molar-refractivity contribution in [2.75, 3.05) is 18.4 Å². The zero-order chi connectivity index (χ0) is 22.3. The van der Waals surface area contributed by atoms with Gasteiger partial charge in [-0.2, -0.15) is 4.31 Å². The third kappa shape index (κ3) is 4.50. The second kappa shape index (κ2) is 8.31. The molecule has 0 aliphatic carbocycles. The SMILES string of the molecule is Cc1cc(C)c2nc(NC(=O)c3ccc(S(=O)(=O)N4C[C@H](C)O[C@@H](C)C4)cc3)sc2c1. The van der Waals surface area contributed by atoms with Gasteiger partial charge in [0.25, 0.3) is 5.91 Å². The van der Waals surface area contributed by atoms with Crippen LogP contribution in [0, 0.1) is 13.8 Å². The van der Waals surface area contributed by atoms with Gasteiger partial charge in [0, 0.05) is 18.7 Å². The minimum Gasteiger partial charge on any atom is -0.373 e. The van der Waals surface area contributed by atoms with Gasteiger partial charge >= 0.3 is 0 Å². The van der Waals surface area contributed by atoms with Crippen LogP contribution in [0.4, 0.5) is 5.13 Å². The molecule has 0 bridgehead atoms. The number of amides is 1. The molecule has 31 heavy (non-hydrogen) atoms. The van der Waals surface area contributed by atoms with Crippen LogP contribution in [-0.2, 0) is 14.8 Å². The highest BCUT2D eigenvalue weighted by Gasteiger charge is 2.32. The maximum absolute atomic E-state index is 13.0. The molecule has 2 atom stereocenters. The summed E-state index contributed by atoms with van der Waals surface area (Å²) in [4.78, 5) is 17.4. The number of carbonyl (C=O) groups is 1. The van der Waals surface area contributed by atoms with Gasteiger partial charge in [0.2, 0.25) is 10.0 Å². The summed E-state index contributed by atoms with van der Waals surface area (Å²) in [5, 5.41) is 3.34. The molecule has 1 amide bonds. The first-order valence-corrected chi connectivity index (χ1v) is 12.3. The highest BCUT2D eigenvalue weighted by molar-refractivity contribution is 7.89. The number of aryl methyl sites for hydroxylation is 2. The Labute approximate surface area is 186 Å². The first-order chi connectivity index (χ1) is 14.6. The summed E-state index contributed by atoms with van der Waals surface area (Å²) < 4.78 is 34.0. The lowest BCUT2D eigenvalue weighted by molar-refractivity contribution is -0.0440. The van der Waals surface area contributed by atoms with Crippen molar-refractivity contribution < 1.29 is 17.9 Å². The summed E-state index contributed by atoms with van der Waals surface area (Å²) in [5.41, 5.74) is 3.46. The molecule has 1 N–H and O–H groups in total. The van der Waals surface area contributed by atoms with Crippen molar-refractivity contribution >= 4 is 42.6 Å². The van der Waals surface area contributed by atoms with Crippen LogP contribution < -0.4 is 5.32 Å². The Morgan fingerprint density at radius 1 is 1.13 bits per heavy atom. The average Bonchev–Trinajstić information content (AvgIpc) is 3.10. The van der Waals surface area contributed by atoms with Crippen molar-refractivity contribution in [2.24, 2.45) is 0 Å². The number of thiazole rings is 1. The third-order valence-corrected chi connectivity index (χ3v) is 7.95. The lowest BCUT2D eigenvalue weighted by atomic mass is 10.1. The summed E-state index contributed by atoms with van der Waals surface area (Å²) >= 11 is 1.42. The number of morpholine rings is 1. The largest absolute Gasteiger partial charge is 0.373 e. The zero-order valence-corrected chi connectivity index (χ0v) is 19.5. The fraction of sp³-hybridized carbons (Fsp3) is 0.364. The molecule has 0 unspecified atom stereocenters. The predicted molar refractivity (Wildman–Crippen MR) is 122 cm³/mol. The summed E-state index contributed by atoms with van der Waals surface area (Å²) in [6.07, 6.45) is -0.324. The smallest absolute Gasteiger partial charge is 0.257 e. The maximum atomic E-state index is 13.0. The van der Waals surface area contributed by atoms with Crippen LogP contribution in [0.1, 0.15) is 35.3 Å². The Hall–Kier alpha value is -2.33. The molecule has 2 aromatic carbocycles. The quantitative estimate of drug-likeness (QED) is 0.638. The number of ether oxygens (including phenoxy) is 1. The fourth-order valence-corrected chi connectivity index (χ4v) is 6.48. The second-order valence-electron chi connectivity index (χ2n) is 8.01. The topological polar surface area (TPSA) is 88.6 Å². The van der Waals surface area contributed by atoms with Crippen LogP contribution >= 0.6 is 11.3 Å². The van der Waals surface area contributed by atoms with Gasteiger partial charge in [0.1, 0.15) is 0 Å². The Morgan fingerprint density at radius 3 is 2.42 bits per heavy atom. The zero-order valence-electron chi connectivity index (χ0n) is 17.9. The van der Waals surface area contributed by atoms with Crippen LogP contribution in [-0.4, -0.2) is 48.9 Å². The van der Waals surface area contributed by atoms with E-state index in [2.05, 4.69) is 16.4 Å². The van der Waals surface area contributed by atoms with Gasteiger partial charge in [0.15, 0.2) is 5.13 Å². The van der Waals surface area contributed by atoms with Crippen molar-refractivity contribution in [3.05, 3.63) is 53.1 Å². The molecular formula is C22H25N3O4S2. The number of nitrogens with one attached hydrogen (secondary N) is 1. The van der Waals surface area contributed by atoms with Gasteiger partial charge in [0.05, 0.1) is 27.3 Å². The van der Waals surface area contributed by atoms with Crippen LogP contribution in [0.25, 0.3) is 10.2 Å². The third-order valence-electron chi connectivity index (χ3n) is 5.19. The first-order valence-electron chi connectivity index (χ1n) is 10.1. The van der Waals surface area contributed by atoms with E-state index in [0.29, 0.717) is 23.8 Å². The number of fused-ring (bicyclic) bond motifs is 1. The number of anilines is 1. The fourth-order valence-electron chi connectivity index (χ4n) is 3.85. The van der Waals surface area contributed by atoms with E-state index in [1.54, 1.807) is 0 Å². The Bertz CT molecular complexity index is 1230. The highest BCUT2D eigenvalue weighted by atomic mass is 32.2. The molecule has 4 rings (SSSR count). The van der Waals surface area contributed by atoms with Crippen LogP contribution in [0.3, 0.4) is 0 Å². The molecule has 0 radical (unpaired) electrons. The van der Waals surface area contributed by atoms with E-state index in [1.807, 2.05) is 33.8 Å². The van der Waals surface area contributed by atoms with Crippen molar-refractivity contribution in [3.63, 3.8) is 0 Å². The van der Waals surface area contributed by atoms with Crippen molar-refractivity contribution in [2.45, 2.75) is 44.8 Å². The number of rotatable bonds is 4.